The summed E-state index contributed by atoms with van der Waals surface area (Å²) >= 11 is 6.06. The van der Waals surface area contributed by atoms with E-state index in [1.807, 2.05) is 11.4 Å². The first-order chi connectivity index (χ1) is 9.06. The maximum absolute atomic E-state index is 11.3. The number of carboxylic acid groups (broad SMARTS) is 1. The molecule has 2 aromatic heterocycles. The minimum atomic E-state index is -0.938. The van der Waals surface area contributed by atoms with Gasteiger partial charge in [-0.25, -0.2) is 0 Å². The average Bonchev–Trinajstić information content (AvgIpc) is 2.75. The lowest BCUT2D eigenvalue weighted by atomic mass is 10.4. The Kier molecular flexibility index (Phi) is 4.78. The van der Waals surface area contributed by atoms with Crippen LogP contribution >= 0.6 is 39.0 Å². The van der Waals surface area contributed by atoms with Gasteiger partial charge in [0, 0.05) is 21.6 Å². The molecule has 2 aromatic rings. The Balaban J connectivity index is 2.26. The highest BCUT2D eigenvalue weighted by molar-refractivity contribution is 9.10. The Morgan fingerprint density at radius 3 is 2.95 bits per heavy atom. The Hall–Kier alpha value is -1.12. The second kappa shape index (κ2) is 6.36. The van der Waals surface area contributed by atoms with Gasteiger partial charge < -0.3 is 9.67 Å². The third-order valence-corrected chi connectivity index (χ3v) is 5.06. The van der Waals surface area contributed by atoms with E-state index in [-0.39, 0.29) is 11.3 Å². The van der Waals surface area contributed by atoms with E-state index in [1.165, 1.54) is 6.07 Å². The molecule has 0 atom stereocenters. The fraction of sp³-hybridized carbons (Fsp3) is 0.182. The number of hydrogen-bond donors (Lipinski definition) is 1. The van der Waals surface area contributed by atoms with Gasteiger partial charge in [-0.1, -0.05) is 11.8 Å². The summed E-state index contributed by atoms with van der Waals surface area (Å²) < 4.78 is 2.76. The van der Waals surface area contributed by atoms with Crippen LogP contribution in [-0.4, -0.2) is 26.4 Å². The van der Waals surface area contributed by atoms with E-state index < -0.39 is 5.97 Å². The fourth-order valence-corrected chi connectivity index (χ4v) is 3.54. The highest BCUT2D eigenvalue weighted by Crippen LogP contribution is 2.25. The molecular formula is C11H9BrN2O3S2. The molecule has 0 aromatic carbocycles. The molecule has 5 nitrogen and oxygen atoms in total. The first kappa shape index (κ1) is 14.3. The van der Waals surface area contributed by atoms with Crippen LogP contribution in [0.3, 0.4) is 0 Å². The molecule has 0 fully saturated rings. The molecule has 0 aliphatic rings. The van der Waals surface area contributed by atoms with Gasteiger partial charge >= 0.3 is 5.97 Å². The van der Waals surface area contributed by atoms with E-state index in [0.717, 1.165) is 21.1 Å². The van der Waals surface area contributed by atoms with Crippen molar-refractivity contribution in [3.63, 3.8) is 0 Å². The molecule has 2 heterocycles. The largest absolute Gasteiger partial charge is 0.481 e. The number of nitrogens with zero attached hydrogens (tertiary/aromatic N) is 2. The molecule has 100 valence electrons. The highest BCUT2D eigenvalue weighted by Gasteiger charge is 2.09. The van der Waals surface area contributed by atoms with Crippen LogP contribution in [0.25, 0.3) is 0 Å². The molecule has 8 heteroatoms. The third kappa shape index (κ3) is 3.92. The Labute approximate surface area is 125 Å². The molecular weight excluding hydrogens is 352 g/mol. The fourth-order valence-electron chi connectivity index (χ4n) is 1.37. The second-order valence-corrected chi connectivity index (χ2v) is 6.35. The summed E-state index contributed by atoms with van der Waals surface area (Å²) in [6.45, 7) is 0.549. The number of thiophene rings is 1. The normalized spacial score (nSPS) is 10.6. The molecule has 19 heavy (non-hydrogen) atoms. The van der Waals surface area contributed by atoms with Crippen molar-refractivity contribution in [1.29, 1.82) is 0 Å². The number of aliphatic carboxylic acids is 1. The quantitative estimate of drug-likeness (QED) is 0.654. The number of halogens is 1. The molecule has 0 saturated heterocycles. The lowest BCUT2D eigenvalue weighted by molar-refractivity contribution is -0.133. The van der Waals surface area contributed by atoms with E-state index in [2.05, 4.69) is 20.9 Å². The van der Waals surface area contributed by atoms with Crippen molar-refractivity contribution in [2.24, 2.45) is 0 Å². The van der Waals surface area contributed by atoms with Gasteiger partial charge in [-0.3, -0.25) is 9.59 Å². The molecule has 0 saturated carbocycles. The molecule has 2 rings (SSSR count). The summed E-state index contributed by atoms with van der Waals surface area (Å²) in [4.78, 5) is 26.8. The Morgan fingerprint density at radius 1 is 1.53 bits per heavy atom. The van der Waals surface area contributed by atoms with E-state index in [9.17, 15) is 9.59 Å². The van der Waals surface area contributed by atoms with Crippen LogP contribution in [-0.2, 0) is 11.3 Å². The number of hydrogen-bond acceptors (Lipinski definition) is 5. The summed E-state index contributed by atoms with van der Waals surface area (Å²) in [5.74, 6) is -1.06. The van der Waals surface area contributed by atoms with Crippen LogP contribution in [0.2, 0.25) is 0 Å². The molecule has 0 bridgehead atoms. The van der Waals surface area contributed by atoms with Crippen LogP contribution in [0.15, 0.2) is 38.1 Å². The summed E-state index contributed by atoms with van der Waals surface area (Å²) in [6.07, 6.45) is 1.63. The summed E-state index contributed by atoms with van der Waals surface area (Å²) in [6, 6.07) is 3.31. The van der Waals surface area contributed by atoms with Crippen molar-refractivity contribution in [2.45, 2.75) is 11.7 Å². The monoisotopic (exact) mass is 360 g/mol. The first-order valence-corrected chi connectivity index (χ1v) is 7.86. The molecule has 0 aliphatic carbocycles. The van der Waals surface area contributed by atoms with Gasteiger partial charge in [-0.2, -0.15) is 4.98 Å². The van der Waals surface area contributed by atoms with Gasteiger partial charge in [-0.15, -0.1) is 11.3 Å². The minimum absolute atomic E-state index is 0.123. The first-order valence-electron chi connectivity index (χ1n) is 5.20. The average molecular weight is 361 g/mol. The topological polar surface area (TPSA) is 72.2 Å². The zero-order valence-corrected chi connectivity index (χ0v) is 12.8. The van der Waals surface area contributed by atoms with Crippen LogP contribution in [0.1, 0.15) is 4.88 Å². The van der Waals surface area contributed by atoms with Crippen LogP contribution in [0.4, 0.5) is 0 Å². The molecule has 1 N–H and O–H groups in total. The van der Waals surface area contributed by atoms with Crippen molar-refractivity contribution >= 4 is 45.0 Å². The summed E-state index contributed by atoms with van der Waals surface area (Å²) in [5.41, 5.74) is -0.366. The minimum Gasteiger partial charge on any atom is -0.481 e. The zero-order valence-electron chi connectivity index (χ0n) is 9.58. The number of thioether (sulfide) groups is 1. The van der Waals surface area contributed by atoms with Gasteiger partial charge in [0.15, 0.2) is 5.16 Å². The smallest absolute Gasteiger partial charge is 0.313 e. The Morgan fingerprint density at radius 2 is 2.32 bits per heavy atom. The van der Waals surface area contributed by atoms with Gasteiger partial charge in [0.1, 0.15) is 0 Å². The van der Waals surface area contributed by atoms with Gasteiger partial charge in [-0.05, 0) is 27.4 Å². The zero-order chi connectivity index (χ0) is 13.8. The Bertz CT molecular complexity index is 653. The van der Waals surface area contributed by atoms with Crippen LogP contribution in [0, 0.1) is 0 Å². The number of aromatic nitrogens is 2. The molecule has 0 amide bonds. The van der Waals surface area contributed by atoms with Crippen molar-refractivity contribution in [1.82, 2.24) is 9.55 Å². The number of carbonyl (C=O) groups is 1. The second-order valence-electron chi connectivity index (χ2n) is 3.55. The van der Waals surface area contributed by atoms with Gasteiger partial charge in [0.05, 0.1) is 12.3 Å². The maximum atomic E-state index is 11.3. The van der Waals surface area contributed by atoms with E-state index in [1.54, 1.807) is 22.1 Å². The lowest BCUT2D eigenvalue weighted by Crippen LogP contribution is -2.14. The predicted molar refractivity (Wildman–Crippen MR) is 78.0 cm³/mol. The number of rotatable bonds is 5. The standard InChI is InChI=1S/C11H9BrN2O3S2/c12-7-2-4-18-8(7)5-14-3-1-9(15)13-11(14)19-6-10(16)17/h1-4H,5-6H2,(H,16,17). The molecule has 0 aliphatic heterocycles. The number of carboxylic acids is 1. The van der Waals surface area contributed by atoms with E-state index >= 15 is 0 Å². The maximum Gasteiger partial charge on any atom is 0.313 e. The van der Waals surface area contributed by atoms with Crippen molar-refractivity contribution in [2.75, 3.05) is 5.75 Å². The van der Waals surface area contributed by atoms with Crippen molar-refractivity contribution < 1.29 is 9.90 Å². The highest BCUT2D eigenvalue weighted by atomic mass is 79.9. The molecule has 0 radical (unpaired) electrons. The SMILES string of the molecule is O=C(O)CSc1nc(=O)ccn1Cc1sccc1Br. The van der Waals surface area contributed by atoms with E-state index in [0.29, 0.717) is 11.7 Å². The summed E-state index contributed by atoms with van der Waals surface area (Å²) in [5, 5.41) is 11.1. The van der Waals surface area contributed by atoms with E-state index in [4.69, 9.17) is 5.11 Å². The van der Waals surface area contributed by atoms with Crippen LogP contribution < -0.4 is 5.56 Å². The van der Waals surface area contributed by atoms with Gasteiger partial charge in [0.25, 0.3) is 5.56 Å². The molecule has 0 spiro atoms. The predicted octanol–water partition coefficient (Wildman–Crippen LogP) is 2.29. The van der Waals surface area contributed by atoms with Crippen molar-refractivity contribution in [3.8, 4) is 0 Å². The summed E-state index contributed by atoms with van der Waals surface area (Å²) in [7, 11) is 0. The van der Waals surface area contributed by atoms with Gasteiger partial charge in [0.2, 0.25) is 0 Å². The molecule has 0 unspecified atom stereocenters. The lowest BCUT2D eigenvalue weighted by Gasteiger charge is -2.10. The third-order valence-electron chi connectivity index (χ3n) is 2.18. The van der Waals surface area contributed by atoms with Crippen LogP contribution in [0.5, 0.6) is 0 Å². The van der Waals surface area contributed by atoms with Crippen molar-refractivity contribution in [3.05, 3.63) is 43.4 Å².